The first-order valence-corrected chi connectivity index (χ1v) is 7.20. The molecule has 1 atom stereocenters. The average Bonchev–Trinajstić information content (AvgIpc) is 2.97. The number of nitrogens with zero attached hydrogens (tertiary/aromatic N) is 3. The molecule has 1 aromatic rings. The Morgan fingerprint density at radius 2 is 2.05 bits per heavy atom. The summed E-state index contributed by atoms with van der Waals surface area (Å²) < 4.78 is 5.39. The number of hydrogen-bond acceptors (Lipinski definition) is 5. The maximum Gasteiger partial charge on any atom is 0.151 e. The number of ether oxygens (including phenoxy) is 1. The maximum absolute atomic E-state index is 5.39. The lowest BCUT2D eigenvalue weighted by Gasteiger charge is -2.22. The molecule has 2 fully saturated rings. The fourth-order valence-electron chi connectivity index (χ4n) is 2.92. The molecule has 0 amide bonds. The predicted molar refractivity (Wildman–Crippen MR) is 74.5 cm³/mol. The summed E-state index contributed by atoms with van der Waals surface area (Å²) in [6.45, 7) is 3.80. The van der Waals surface area contributed by atoms with Gasteiger partial charge >= 0.3 is 0 Å². The predicted octanol–water partition coefficient (Wildman–Crippen LogP) is 1.17. The van der Waals surface area contributed by atoms with E-state index in [1.807, 2.05) is 7.05 Å². The molecule has 104 valence electrons. The van der Waals surface area contributed by atoms with Gasteiger partial charge in [-0.2, -0.15) is 5.10 Å². The highest BCUT2D eigenvalue weighted by atomic mass is 16.5. The molecule has 0 aromatic carbocycles. The number of aromatic nitrogens is 2. The van der Waals surface area contributed by atoms with Gasteiger partial charge in [0.15, 0.2) is 5.82 Å². The second-order valence-electron chi connectivity index (χ2n) is 5.42. The molecule has 2 aliphatic heterocycles. The van der Waals surface area contributed by atoms with Gasteiger partial charge in [-0.15, -0.1) is 5.10 Å². The molecule has 1 unspecified atom stereocenters. The number of likely N-dealkylation sites (N-methyl/N-ethyl adjacent to an activating group) is 1. The molecule has 3 rings (SSSR count). The van der Waals surface area contributed by atoms with E-state index in [-0.39, 0.29) is 0 Å². The van der Waals surface area contributed by atoms with Crippen molar-refractivity contribution < 1.29 is 4.74 Å². The molecular weight excluding hydrogens is 240 g/mol. The van der Waals surface area contributed by atoms with Crippen LogP contribution in [0.4, 0.5) is 5.82 Å². The summed E-state index contributed by atoms with van der Waals surface area (Å²) in [6.07, 6.45) is 3.32. The van der Waals surface area contributed by atoms with Gasteiger partial charge in [-0.25, -0.2) is 0 Å². The van der Waals surface area contributed by atoms with E-state index in [0.29, 0.717) is 12.0 Å². The zero-order chi connectivity index (χ0) is 13.1. The molecule has 0 bridgehead atoms. The highest BCUT2D eigenvalue weighted by Gasteiger charge is 2.23. The zero-order valence-electron chi connectivity index (χ0n) is 11.5. The Labute approximate surface area is 114 Å². The van der Waals surface area contributed by atoms with Gasteiger partial charge in [-0.1, -0.05) is 0 Å². The molecule has 2 saturated heterocycles. The molecule has 0 radical (unpaired) electrons. The molecule has 0 saturated carbocycles. The van der Waals surface area contributed by atoms with Crippen molar-refractivity contribution in [3.63, 3.8) is 0 Å². The molecular formula is C14H22N4O. The van der Waals surface area contributed by atoms with E-state index in [9.17, 15) is 0 Å². The van der Waals surface area contributed by atoms with Gasteiger partial charge in [-0.3, -0.25) is 0 Å². The van der Waals surface area contributed by atoms with Crippen LogP contribution in [0.15, 0.2) is 12.1 Å². The van der Waals surface area contributed by atoms with Crippen LogP contribution in [0.2, 0.25) is 0 Å². The third kappa shape index (κ3) is 2.87. The molecule has 3 heterocycles. The Balaban J connectivity index is 1.65. The van der Waals surface area contributed by atoms with Crippen molar-refractivity contribution in [2.75, 3.05) is 38.3 Å². The number of anilines is 1. The number of hydrogen-bond donors (Lipinski definition) is 1. The molecule has 1 aromatic heterocycles. The SMILES string of the molecule is CNC1CCN(c2ccc(C3CCOCC3)nn2)C1. The van der Waals surface area contributed by atoms with Gasteiger partial charge in [0.05, 0.1) is 5.69 Å². The van der Waals surface area contributed by atoms with Gasteiger partial charge in [0.1, 0.15) is 0 Å². The second kappa shape index (κ2) is 5.84. The number of nitrogens with one attached hydrogen (secondary N) is 1. The highest BCUT2D eigenvalue weighted by molar-refractivity contribution is 5.39. The standard InChI is InChI=1S/C14H22N4O/c1-15-12-4-7-18(10-12)14-3-2-13(16-17-14)11-5-8-19-9-6-11/h2-3,11-12,15H,4-10H2,1H3. The lowest BCUT2D eigenvalue weighted by molar-refractivity contribution is 0.0843. The van der Waals surface area contributed by atoms with E-state index < -0.39 is 0 Å². The third-order valence-electron chi connectivity index (χ3n) is 4.23. The molecule has 5 heteroatoms. The van der Waals surface area contributed by atoms with Crippen molar-refractivity contribution in [2.45, 2.75) is 31.2 Å². The van der Waals surface area contributed by atoms with Crippen LogP contribution >= 0.6 is 0 Å². The summed E-state index contributed by atoms with van der Waals surface area (Å²) in [5.74, 6) is 1.53. The molecule has 0 aliphatic carbocycles. The fourth-order valence-corrected chi connectivity index (χ4v) is 2.92. The fraction of sp³-hybridized carbons (Fsp3) is 0.714. The van der Waals surface area contributed by atoms with Crippen molar-refractivity contribution >= 4 is 5.82 Å². The zero-order valence-corrected chi connectivity index (χ0v) is 11.5. The van der Waals surface area contributed by atoms with Gasteiger partial charge in [0.2, 0.25) is 0 Å². The van der Waals surface area contributed by atoms with Crippen molar-refractivity contribution in [1.82, 2.24) is 15.5 Å². The number of rotatable bonds is 3. The van der Waals surface area contributed by atoms with E-state index in [4.69, 9.17) is 4.74 Å². The van der Waals surface area contributed by atoms with Gasteiger partial charge in [-0.05, 0) is 38.4 Å². The summed E-state index contributed by atoms with van der Waals surface area (Å²) in [4.78, 5) is 2.31. The van der Waals surface area contributed by atoms with Crippen LogP contribution in [-0.2, 0) is 4.74 Å². The Morgan fingerprint density at radius 3 is 2.68 bits per heavy atom. The lowest BCUT2D eigenvalue weighted by atomic mass is 9.96. The van der Waals surface area contributed by atoms with Crippen LogP contribution in [0.5, 0.6) is 0 Å². The third-order valence-corrected chi connectivity index (χ3v) is 4.23. The normalized spacial score (nSPS) is 24.9. The molecule has 19 heavy (non-hydrogen) atoms. The van der Waals surface area contributed by atoms with E-state index in [1.165, 1.54) is 6.42 Å². The topological polar surface area (TPSA) is 50.3 Å². The van der Waals surface area contributed by atoms with Crippen LogP contribution in [0.3, 0.4) is 0 Å². The van der Waals surface area contributed by atoms with Crippen molar-refractivity contribution in [2.24, 2.45) is 0 Å². The van der Waals surface area contributed by atoms with E-state index in [0.717, 1.165) is 50.7 Å². The second-order valence-corrected chi connectivity index (χ2v) is 5.42. The van der Waals surface area contributed by atoms with E-state index >= 15 is 0 Å². The summed E-state index contributed by atoms with van der Waals surface area (Å²) >= 11 is 0. The Hall–Kier alpha value is -1.20. The first-order chi connectivity index (χ1) is 9.36. The van der Waals surface area contributed by atoms with Crippen LogP contribution in [-0.4, -0.2) is 49.6 Å². The molecule has 5 nitrogen and oxygen atoms in total. The van der Waals surface area contributed by atoms with Gasteiger partial charge < -0.3 is 15.0 Å². The maximum atomic E-state index is 5.39. The monoisotopic (exact) mass is 262 g/mol. The minimum absolute atomic E-state index is 0.527. The molecule has 1 N–H and O–H groups in total. The van der Waals surface area contributed by atoms with Crippen LogP contribution in [0.25, 0.3) is 0 Å². The van der Waals surface area contributed by atoms with Crippen LogP contribution in [0, 0.1) is 0 Å². The Bertz CT molecular complexity index is 402. The van der Waals surface area contributed by atoms with Gasteiger partial charge in [0.25, 0.3) is 0 Å². The van der Waals surface area contributed by atoms with Crippen molar-refractivity contribution in [3.05, 3.63) is 17.8 Å². The first-order valence-electron chi connectivity index (χ1n) is 7.20. The Morgan fingerprint density at radius 1 is 1.21 bits per heavy atom. The summed E-state index contributed by atoms with van der Waals surface area (Å²) in [5, 5.41) is 12.2. The summed E-state index contributed by atoms with van der Waals surface area (Å²) in [6, 6.07) is 4.85. The smallest absolute Gasteiger partial charge is 0.151 e. The van der Waals surface area contributed by atoms with Crippen molar-refractivity contribution in [3.8, 4) is 0 Å². The first kappa shape index (κ1) is 12.8. The van der Waals surface area contributed by atoms with E-state index in [2.05, 4.69) is 32.5 Å². The highest BCUT2D eigenvalue weighted by Crippen LogP contribution is 2.26. The Kier molecular flexibility index (Phi) is 3.94. The van der Waals surface area contributed by atoms with Crippen molar-refractivity contribution in [1.29, 1.82) is 0 Å². The minimum atomic E-state index is 0.527. The van der Waals surface area contributed by atoms with Gasteiger partial charge in [0, 0.05) is 38.3 Å². The van der Waals surface area contributed by atoms with E-state index in [1.54, 1.807) is 0 Å². The minimum Gasteiger partial charge on any atom is -0.381 e. The average molecular weight is 262 g/mol. The van der Waals surface area contributed by atoms with Crippen LogP contribution in [0.1, 0.15) is 30.9 Å². The summed E-state index contributed by atoms with van der Waals surface area (Å²) in [7, 11) is 2.02. The molecule has 2 aliphatic rings. The molecule has 0 spiro atoms. The quantitative estimate of drug-likeness (QED) is 0.886. The lowest BCUT2D eigenvalue weighted by Crippen LogP contribution is -2.30. The summed E-state index contributed by atoms with van der Waals surface area (Å²) in [5.41, 5.74) is 1.12. The van der Waals surface area contributed by atoms with Crippen LogP contribution < -0.4 is 10.2 Å². The largest absolute Gasteiger partial charge is 0.381 e.